The zero-order valence-electron chi connectivity index (χ0n) is 7.04. The molecule has 0 heterocycles. The Morgan fingerprint density at radius 3 is 0.636 bits per heavy atom. The minimum atomic E-state index is 0. The lowest BCUT2D eigenvalue weighted by Gasteiger charge is -1.56. The van der Waals surface area contributed by atoms with Crippen LogP contribution in [0.2, 0.25) is 0 Å². The second kappa shape index (κ2) is 22.5. The van der Waals surface area contributed by atoms with Crippen molar-refractivity contribution >= 4 is 83.5 Å². The third-order valence-corrected chi connectivity index (χ3v) is 0. The standard InChI is InChI=1S/2C3H6O.3HI/c2*1-3(2)4;;;/h2*1-2H3;3*1H. The number of hydrogen-bond donors (Lipinski definition) is 0. The largest absolute Gasteiger partial charge is 0.300 e. The second-order valence-electron chi connectivity index (χ2n) is 1.82. The first-order chi connectivity index (χ1) is 3.46. The Kier molecular flexibility index (Phi) is 60.2. The minimum Gasteiger partial charge on any atom is -0.300 e. The van der Waals surface area contributed by atoms with E-state index in [4.69, 9.17) is 0 Å². The molecule has 0 aromatic rings. The highest BCUT2D eigenvalue weighted by atomic mass is 127. The van der Waals surface area contributed by atoms with Gasteiger partial charge in [0.25, 0.3) is 0 Å². The maximum Gasteiger partial charge on any atom is 0.126 e. The van der Waals surface area contributed by atoms with Crippen LogP contribution in [0.25, 0.3) is 0 Å². The normalized spacial score (nSPS) is 4.73. The summed E-state index contributed by atoms with van der Waals surface area (Å²) in [6.45, 7) is 6.11. The molecule has 0 saturated carbocycles. The van der Waals surface area contributed by atoms with Crippen LogP contribution < -0.4 is 0 Å². The molecule has 72 valence electrons. The fourth-order valence-corrected chi connectivity index (χ4v) is 0. The predicted molar refractivity (Wildman–Crippen MR) is 79.0 cm³/mol. The summed E-state index contributed by atoms with van der Waals surface area (Å²) >= 11 is 0. The van der Waals surface area contributed by atoms with Gasteiger partial charge in [-0.05, 0) is 27.7 Å². The molecule has 0 saturated heterocycles. The van der Waals surface area contributed by atoms with Crippen LogP contribution in [0.15, 0.2) is 0 Å². The van der Waals surface area contributed by atoms with Crippen molar-refractivity contribution in [3.8, 4) is 0 Å². The summed E-state index contributed by atoms with van der Waals surface area (Å²) in [5.74, 6) is 0.333. The van der Waals surface area contributed by atoms with Crippen LogP contribution in [-0.4, -0.2) is 11.6 Å². The van der Waals surface area contributed by atoms with Crippen LogP contribution in [0.1, 0.15) is 27.7 Å². The summed E-state index contributed by atoms with van der Waals surface area (Å²) in [5.41, 5.74) is 0. The smallest absolute Gasteiger partial charge is 0.126 e. The van der Waals surface area contributed by atoms with E-state index in [-0.39, 0.29) is 83.5 Å². The number of ketones is 2. The van der Waals surface area contributed by atoms with E-state index < -0.39 is 0 Å². The van der Waals surface area contributed by atoms with Gasteiger partial charge in [0.2, 0.25) is 0 Å². The summed E-state index contributed by atoms with van der Waals surface area (Å²) in [6.07, 6.45) is 0. The maximum atomic E-state index is 9.44. The van der Waals surface area contributed by atoms with E-state index in [1.54, 1.807) is 0 Å². The third-order valence-electron chi connectivity index (χ3n) is 0. The molecule has 0 fully saturated rings. The van der Waals surface area contributed by atoms with Gasteiger partial charge in [0.1, 0.15) is 11.6 Å². The highest BCUT2D eigenvalue weighted by Crippen LogP contribution is 1.50. The number of carbonyl (C=O) groups is 2. The number of carbonyl (C=O) groups excluding carboxylic acids is 2. The van der Waals surface area contributed by atoms with Gasteiger partial charge in [-0.1, -0.05) is 0 Å². The molecule has 0 radical (unpaired) electrons. The lowest BCUT2D eigenvalue weighted by Crippen LogP contribution is -1.69. The third kappa shape index (κ3) is 447. The Morgan fingerprint density at radius 2 is 0.636 bits per heavy atom. The molecule has 0 spiro atoms. The molecule has 0 aliphatic heterocycles. The van der Waals surface area contributed by atoms with E-state index in [0.717, 1.165) is 0 Å². The van der Waals surface area contributed by atoms with Gasteiger partial charge in [0, 0.05) is 0 Å². The zero-order chi connectivity index (χ0) is 7.15. The molecular formula is C6H15I3O2. The molecule has 0 aliphatic rings. The van der Waals surface area contributed by atoms with Crippen molar-refractivity contribution in [3.63, 3.8) is 0 Å². The average Bonchev–Trinajstić information content (AvgIpc) is 1.25. The first kappa shape index (κ1) is 29.4. The molecule has 0 N–H and O–H groups in total. The van der Waals surface area contributed by atoms with Crippen LogP contribution in [0.5, 0.6) is 0 Å². The molecular weight excluding hydrogens is 485 g/mol. The summed E-state index contributed by atoms with van der Waals surface area (Å²) in [6, 6.07) is 0. The van der Waals surface area contributed by atoms with E-state index in [0.29, 0.717) is 0 Å². The second-order valence-corrected chi connectivity index (χ2v) is 1.82. The van der Waals surface area contributed by atoms with E-state index >= 15 is 0 Å². The van der Waals surface area contributed by atoms with Crippen LogP contribution in [0.3, 0.4) is 0 Å². The molecule has 0 bridgehead atoms. The molecule has 0 unspecified atom stereocenters. The summed E-state index contributed by atoms with van der Waals surface area (Å²) < 4.78 is 0. The topological polar surface area (TPSA) is 34.1 Å². The average molecular weight is 500 g/mol. The Labute approximate surface area is 119 Å². The highest BCUT2D eigenvalue weighted by molar-refractivity contribution is 14.0. The highest BCUT2D eigenvalue weighted by Gasteiger charge is 1.62. The monoisotopic (exact) mass is 500 g/mol. The van der Waals surface area contributed by atoms with Crippen molar-refractivity contribution in [3.05, 3.63) is 0 Å². The van der Waals surface area contributed by atoms with Gasteiger partial charge in [-0.3, -0.25) is 0 Å². The molecule has 0 aromatic heterocycles. The predicted octanol–water partition coefficient (Wildman–Crippen LogP) is 3.04. The molecule has 0 aromatic carbocycles. The van der Waals surface area contributed by atoms with Crippen molar-refractivity contribution in [1.82, 2.24) is 0 Å². The van der Waals surface area contributed by atoms with Crippen LogP contribution in [0.4, 0.5) is 0 Å². The van der Waals surface area contributed by atoms with Gasteiger partial charge in [0.15, 0.2) is 0 Å². The van der Waals surface area contributed by atoms with Crippen LogP contribution in [0, 0.1) is 0 Å². The Balaban J connectivity index is -0.0000000171. The maximum absolute atomic E-state index is 9.44. The van der Waals surface area contributed by atoms with Crippen molar-refractivity contribution in [1.29, 1.82) is 0 Å². The molecule has 0 amide bonds. The van der Waals surface area contributed by atoms with Gasteiger partial charge in [0.05, 0.1) is 0 Å². The van der Waals surface area contributed by atoms with Gasteiger partial charge < -0.3 is 9.59 Å². The lowest BCUT2D eigenvalue weighted by molar-refractivity contribution is -0.115. The Hall–Kier alpha value is 1.53. The molecule has 0 aliphatic carbocycles. The van der Waals surface area contributed by atoms with Crippen molar-refractivity contribution in [2.45, 2.75) is 27.7 Å². The van der Waals surface area contributed by atoms with Gasteiger partial charge in [-0.2, -0.15) is 0 Å². The number of rotatable bonds is 0. The van der Waals surface area contributed by atoms with Crippen LogP contribution >= 0.6 is 71.9 Å². The van der Waals surface area contributed by atoms with E-state index in [1.807, 2.05) is 0 Å². The summed E-state index contributed by atoms with van der Waals surface area (Å²) in [4.78, 5) is 18.9. The lowest BCUT2D eigenvalue weighted by atomic mass is 10.6. The Morgan fingerprint density at radius 1 is 0.636 bits per heavy atom. The van der Waals surface area contributed by atoms with Gasteiger partial charge >= 0.3 is 0 Å². The number of halogens is 3. The summed E-state index contributed by atoms with van der Waals surface area (Å²) in [7, 11) is 0. The van der Waals surface area contributed by atoms with Crippen LogP contribution in [-0.2, 0) is 9.59 Å². The molecule has 11 heavy (non-hydrogen) atoms. The fraction of sp³-hybridized carbons (Fsp3) is 0.667. The number of hydrogen-bond acceptors (Lipinski definition) is 2. The van der Waals surface area contributed by atoms with E-state index in [9.17, 15) is 9.59 Å². The van der Waals surface area contributed by atoms with Gasteiger partial charge in [-0.25, -0.2) is 0 Å². The summed E-state index contributed by atoms with van der Waals surface area (Å²) in [5, 5.41) is 0. The van der Waals surface area contributed by atoms with Crippen molar-refractivity contribution in [2.24, 2.45) is 0 Å². The van der Waals surface area contributed by atoms with Crippen molar-refractivity contribution in [2.75, 3.05) is 0 Å². The van der Waals surface area contributed by atoms with E-state index in [1.165, 1.54) is 27.7 Å². The molecule has 5 heteroatoms. The van der Waals surface area contributed by atoms with E-state index in [2.05, 4.69) is 0 Å². The molecule has 2 nitrogen and oxygen atoms in total. The van der Waals surface area contributed by atoms with Gasteiger partial charge in [-0.15, -0.1) is 71.9 Å². The first-order valence-corrected chi connectivity index (χ1v) is 2.41. The first-order valence-electron chi connectivity index (χ1n) is 2.41. The fourth-order valence-electron chi connectivity index (χ4n) is 0. The van der Waals surface area contributed by atoms with Crippen molar-refractivity contribution < 1.29 is 9.59 Å². The molecule has 0 atom stereocenters. The zero-order valence-corrected chi connectivity index (χ0v) is 14.0. The number of Topliss-reactive ketones (excluding diaryl/α,β-unsaturated/α-hetero) is 2. The molecule has 0 rings (SSSR count). The Bertz CT molecular complexity index is 73.8. The SMILES string of the molecule is CC(C)=O.CC(C)=O.I.I.I. The quantitative estimate of drug-likeness (QED) is 0.480. The minimum absolute atomic E-state index is 0.